The van der Waals surface area contributed by atoms with Crippen LogP contribution in [0.5, 0.6) is 0 Å². The normalized spacial score (nSPS) is 14.6. The van der Waals surface area contributed by atoms with Gasteiger partial charge in [-0.25, -0.2) is 15.0 Å². The number of aromatic nitrogens is 3. The number of amides is 1. The van der Waals surface area contributed by atoms with Crippen LogP contribution in [0.2, 0.25) is 10.0 Å². The summed E-state index contributed by atoms with van der Waals surface area (Å²) in [4.78, 5) is 30.2. The summed E-state index contributed by atoms with van der Waals surface area (Å²) in [5.41, 5.74) is 2.62. The van der Waals surface area contributed by atoms with Gasteiger partial charge in [0.05, 0.1) is 15.6 Å². The fraction of sp³-hybridized carbons (Fsp3) is 0.238. The van der Waals surface area contributed by atoms with Crippen LogP contribution >= 0.6 is 23.2 Å². The summed E-state index contributed by atoms with van der Waals surface area (Å²) in [5.74, 6) is 0.535. The Balaban J connectivity index is 1.66. The number of piperazine rings is 1. The Morgan fingerprint density at radius 3 is 2.43 bits per heavy atom. The van der Waals surface area contributed by atoms with Gasteiger partial charge in [-0.1, -0.05) is 23.2 Å². The molecule has 2 aromatic heterocycles. The lowest BCUT2D eigenvalue weighted by Gasteiger charge is -2.34. The zero-order valence-corrected chi connectivity index (χ0v) is 17.9. The lowest BCUT2D eigenvalue weighted by Crippen LogP contribution is -2.45. The van der Waals surface area contributed by atoms with Crippen LogP contribution in [0.25, 0.3) is 11.1 Å². The third-order valence-electron chi connectivity index (χ3n) is 4.98. The second-order valence-corrected chi connectivity index (χ2v) is 7.91. The molecule has 154 valence electrons. The number of benzene rings is 1. The molecule has 0 bridgehead atoms. The number of pyridine rings is 1. The number of halogens is 2. The van der Waals surface area contributed by atoms with Gasteiger partial charge in [-0.15, -0.1) is 0 Å². The highest BCUT2D eigenvalue weighted by atomic mass is 35.5. The van der Waals surface area contributed by atoms with Crippen LogP contribution in [0.1, 0.15) is 10.4 Å². The number of anilines is 2. The second-order valence-electron chi connectivity index (χ2n) is 7.10. The first-order valence-corrected chi connectivity index (χ1v) is 10.2. The highest BCUT2D eigenvalue weighted by Crippen LogP contribution is 2.30. The predicted octanol–water partition coefficient (Wildman–Crippen LogP) is 3.85. The van der Waals surface area contributed by atoms with Crippen molar-refractivity contribution in [1.29, 1.82) is 0 Å². The lowest BCUT2D eigenvalue weighted by atomic mass is 10.1. The minimum Gasteiger partial charge on any atom is -0.354 e. The zero-order valence-electron chi connectivity index (χ0n) is 16.3. The van der Waals surface area contributed by atoms with Gasteiger partial charge in [0.25, 0.3) is 5.91 Å². The maximum absolute atomic E-state index is 12.8. The maximum atomic E-state index is 12.8. The molecule has 1 amide bonds. The highest BCUT2D eigenvalue weighted by molar-refractivity contribution is 6.42. The van der Waals surface area contributed by atoms with Gasteiger partial charge in [-0.3, -0.25) is 4.79 Å². The second kappa shape index (κ2) is 8.95. The van der Waals surface area contributed by atoms with E-state index in [1.807, 2.05) is 6.07 Å². The van der Waals surface area contributed by atoms with E-state index in [9.17, 15) is 4.79 Å². The van der Waals surface area contributed by atoms with Gasteiger partial charge in [0.2, 0.25) is 0 Å². The quantitative estimate of drug-likeness (QED) is 0.661. The summed E-state index contributed by atoms with van der Waals surface area (Å²) in [6, 6.07) is 6.77. The van der Waals surface area contributed by atoms with E-state index in [4.69, 9.17) is 23.2 Å². The molecule has 1 aromatic carbocycles. The first kappa shape index (κ1) is 20.5. The van der Waals surface area contributed by atoms with Crippen molar-refractivity contribution in [1.82, 2.24) is 19.9 Å². The van der Waals surface area contributed by atoms with Gasteiger partial charge in [-0.2, -0.15) is 0 Å². The molecule has 0 unspecified atom stereocenters. The predicted molar refractivity (Wildman–Crippen MR) is 119 cm³/mol. The average molecular weight is 443 g/mol. The van der Waals surface area contributed by atoms with Crippen LogP contribution in [0.3, 0.4) is 0 Å². The van der Waals surface area contributed by atoms with Gasteiger partial charge in [0.15, 0.2) is 0 Å². The van der Waals surface area contributed by atoms with Crippen molar-refractivity contribution < 1.29 is 4.79 Å². The summed E-state index contributed by atoms with van der Waals surface area (Å²) in [5, 5.41) is 3.64. The molecule has 0 atom stereocenters. The van der Waals surface area contributed by atoms with Gasteiger partial charge in [-0.05, 0) is 31.3 Å². The van der Waals surface area contributed by atoms with Crippen molar-refractivity contribution in [2.45, 2.75) is 0 Å². The molecule has 1 aliphatic rings. The van der Waals surface area contributed by atoms with Crippen molar-refractivity contribution in [3.05, 3.63) is 64.8 Å². The van der Waals surface area contributed by atoms with Gasteiger partial charge >= 0.3 is 0 Å². The number of hydrogen-bond donors (Lipinski definition) is 1. The fourth-order valence-electron chi connectivity index (χ4n) is 3.28. The number of carbonyl (C=O) groups is 1. The molecular weight excluding hydrogens is 423 g/mol. The monoisotopic (exact) mass is 442 g/mol. The van der Waals surface area contributed by atoms with E-state index < -0.39 is 0 Å². The van der Waals surface area contributed by atoms with E-state index in [1.54, 1.807) is 36.8 Å². The van der Waals surface area contributed by atoms with Crippen molar-refractivity contribution in [2.75, 3.05) is 43.4 Å². The summed E-state index contributed by atoms with van der Waals surface area (Å²) in [6.07, 6.45) is 6.52. The van der Waals surface area contributed by atoms with Crippen molar-refractivity contribution >= 4 is 40.6 Å². The zero-order chi connectivity index (χ0) is 21.1. The molecule has 3 heterocycles. The molecular formula is C21H20Cl2N6O. The Morgan fingerprint density at radius 2 is 1.73 bits per heavy atom. The third-order valence-corrected chi connectivity index (χ3v) is 5.72. The van der Waals surface area contributed by atoms with E-state index >= 15 is 0 Å². The lowest BCUT2D eigenvalue weighted by molar-refractivity contribution is 0.102. The van der Waals surface area contributed by atoms with Crippen LogP contribution < -0.4 is 10.2 Å². The molecule has 7 nitrogen and oxygen atoms in total. The Bertz CT molecular complexity index is 1050. The molecule has 0 spiro atoms. The fourth-order valence-corrected chi connectivity index (χ4v) is 3.58. The van der Waals surface area contributed by atoms with Crippen LogP contribution in [0, 0.1) is 0 Å². The third kappa shape index (κ3) is 4.53. The van der Waals surface area contributed by atoms with Gasteiger partial charge < -0.3 is 15.1 Å². The average Bonchev–Trinajstić information content (AvgIpc) is 2.77. The van der Waals surface area contributed by atoms with Crippen LogP contribution in [0.4, 0.5) is 11.5 Å². The highest BCUT2D eigenvalue weighted by Gasteiger charge is 2.21. The molecule has 1 saturated heterocycles. The molecule has 1 N–H and O–H groups in total. The number of nitrogens with one attached hydrogen (secondary N) is 1. The van der Waals surface area contributed by atoms with Gasteiger partial charge in [0.1, 0.15) is 12.1 Å². The molecule has 1 aliphatic heterocycles. The van der Waals surface area contributed by atoms with Crippen LogP contribution in [0.15, 0.2) is 49.2 Å². The minimum absolute atomic E-state index is 0.288. The Hall–Kier alpha value is -2.74. The molecule has 30 heavy (non-hydrogen) atoms. The molecule has 9 heteroatoms. The number of carbonyl (C=O) groups excluding carboxylic acids is 1. The SMILES string of the molecule is CN1CCN(c2ncc(C(=O)Nc3ccc(Cl)c(Cl)c3)cc2-c2cncnc2)CC1. The number of likely N-dealkylation sites (N-methyl/N-ethyl adjacent to an activating group) is 1. The van der Waals surface area contributed by atoms with Crippen molar-refractivity contribution in [3.8, 4) is 11.1 Å². The Kier molecular flexibility index (Phi) is 6.13. The van der Waals surface area contributed by atoms with Gasteiger partial charge in [0, 0.05) is 61.6 Å². The van der Waals surface area contributed by atoms with E-state index in [-0.39, 0.29) is 5.91 Å². The largest absolute Gasteiger partial charge is 0.354 e. The summed E-state index contributed by atoms with van der Waals surface area (Å²) < 4.78 is 0. The molecule has 0 radical (unpaired) electrons. The molecule has 1 fully saturated rings. The smallest absolute Gasteiger partial charge is 0.257 e. The summed E-state index contributed by atoms with van der Waals surface area (Å²) in [6.45, 7) is 3.62. The number of hydrogen-bond acceptors (Lipinski definition) is 6. The van der Waals surface area contributed by atoms with E-state index in [0.717, 1.165) is 43.1 Å². The van der Waals surface area contributed by atoms with E-state index in [1.165, 1.54) is 6.33 Å². The number of nitrogens with zero attached hydrogens (tertiary/aromatic N) is 5. The molecule has 3 aromatic rings. The Morgan fingerprint density at radius 1 is 1.00 bits per heavy atom. The molecule has 0 aliphatic carbocycles. The Labute approximate surface area is 184 Å². The van der Waals surface area contributed by atoms with Crippen LogP contribution in [-0.2, 0) is 0 Å². The topological polar surface area (TPSA) is 74.2 Å². The number of rotatable bonds is 4. The summed E-state index contributed by atoms with van der Waals surface area (Å²) in [7, 11) is 2.10. The molecule has 0 saturated carbocycles. The standard InChI is InChI=1S/C21H20Cl2N6O/c1-28-4-6-29(7-5-28)20-17(15-10-24-13-25-11-15)8-14(12-26-20)21(30)27-16-2-3-18(22)19(23)9-16/h2-3,8-13H,4-7H2,1H3,(H,27,30). The van der Waals surface area contributed by atoms with Crippen LogP contribution in [-0.4, -0.2) is 59.0 Å². The van der Waals surface area contributed by atoms with Crippen molar-refractivity contribution in [3.63, 3.8) is 0 Å². The first-order chi connectivity index (χ1) is 14.5. The molecule has 4 rings (SSSR count). The minimum atomic E-state index is -0.288. The summed E-state index contributed by atoms with van der Waals surface area (Å²) >= 11 is 12.0. The van der Waals surface area contributed by atoms with E-state index in [2.05, 4.69) is 37.1 Å². The van der Waals surface area contributed by atoms with E-state index in [0.29, 0.717) is 21.3 Å². The maximum Gasteiger partial charge on any atom is 0.257 e. The van der Waals surface area contributed by atoms with Crippen molar-refractivity contribution in [2.24, 2.45) is 0 Å². The first-order valence-electron chi connectivity index (χ1n) is 9.46.